The van der Waals surface area contributed by atoms with Gasteiger partial charge in [-0.05, 0) is 51.7 Å². The summed E-state index contributed by atoms with van der Waals surface area (Å²) in [5.74, 6) is -0.709. The highest BCUT2D eigenvalue weighted by Crippen LogP contribution is 2.29. The van der Waals surface area contributed by atoms with Crippen LogP contribution in [0.5, 0.6) is 5.75 Å². The highest BCUT2D eigenvalue weighted by atomic mass is 16.5. The number of aromatic nitrogens is 1. The van der Waals surface area contributed by atoms with E-state index in [1.54, 1.807) is 22.8 Å². The molecule has 1 saturated heterocycles. The summed E-state index contributed by atoms with van der Waals surface area (Å²) in [7, 11) is 0. The topological polar surface area (TPSA) is 83.8 Å². The number of amides is 1. The fraction of sp³-hybridized carbons (Fsp3) is 0.565. The third kappa shape index (κ3) is 3.96. The highest BCUT2D eigenvalue weighted by Gasteiger charge is 2.30. The lowest BCUT2D eigenvalue weighted by atomic mass is 9.89. The molecule has 2 heterocycles. The SMILES string of the molecule is CC(C)n1c(=O)c(C(=O)NC2CCC(N3CCOCC3)CC2)c(O)c2ccccc21. The summed E-state index contributed by atoms with van der Waals surface area (Å²) >= 11 is 0. The second-order valence-corrected chi connectivity index (χ2v) is 8.64. The molecule has 4 rings (SSSR count). The summed E-state index contributed by atoms with van der Waals surface area (Å²) in [6.07, 6.45) is 3.79. The van der Waals surface area contributed by atoms with Crippen LogP contribution < -0.4 is 10.9 Å². The van der Waals surface area contributed by atoms with Gasteiger partial charge in [0, 0.05) is 36.6 Å². The number of benzene rings is 1. The Bertz CT molecular complexity index is 970. The average molecular weight is 414 g/mol. The van der Waals surface area contributed by atoms with E-state index in [4.69, 9.17) is 4.74 Å². The summed E-state index contributed by atoms with van der Waals surface area (Å²) in [6.45, 7) is 7.34. The second-order valence-electron chi connectivity index (χ2n) is 8.64. The molecule has 0 radical (unpaired) electrons. The van der Waals surface area contributed by atoms with Crippen molar-refractivity contribution in [3.63, 3.8) is 0 Å². The third-order valence-electron chi connectivity index (χ3n) is 6.43. The van der Waals surface area contributed by atoms with Crippen LogP contribution in [0.4, 0.5) is 0 Å². The van der Waals surface area contributed by atoms with Gasteiger partial charge < -0.3 is 19.7 Å². The van der Waals surface area contributed by atoms with Gasteiger partial charge in [0.25, 0.3) is 11.5 Å². The number of pyridine rings is 1. The summed E-state index contributed by atoms with van der Waals surface area (Å²) in [5, 5.41) is 14.3. The zero-order valence-corrected chi connectivity index (χ0v) is 17.8. The van der Waals surface area contributed by atoms with Crippen molar-refractivity contribution in [2.45, 2.75) is 57.7 Å². The lowest BCUT2D eigenvalue weighted by Crippen LogP contribution is -2.48. The number of hydrogen-bond acceptors (Lipinski definition) is 5. The quantitative estimate of drug-likeness (QED) is 0.805. The smallest absolute Gasteiger partial charge is 0.267 e. The van der Waals surface area contributed by atoms with Crippen LogP contribution in [0.1, 0.15) is 55.9 Å². The van der Waals surface area contributed by atoms with Gasteiger partial charge in [-0.25, -0.2) is 0 Å². The maximum absolute atomic E-state index is 13.1. The van der Waals surface area contributed by atoms with Crippen LogP contribution in [0, 0.1) is 0 Å². The summed E-state index contributed by atoms with van der Waals surface area (Å²) in [5.41, 5.74) is 0.0379. The molecule has 0 bridgehead atoms. The molecule has 0 atom stereocenters. The molecule has 30 heavy (non-hydrogen) atoms. The minimum atomic E-state index is -0.479. The van der Waals surface area contributed by atoms with Gasteiger partial charge in [0.05, 0.1) is 18.7 Å². The predicted molar refractivity (Wildman–Crippen MR) is 116 cm³/mol. The predicted octanol–water partition coefficient (Wildman–Crippen LogP) is 2.66. The van der Waals surface area contributed by atoms with E-state index >= 15 is 0 Å². The fourth-order valence-electron chi connectivity index (χ4n) is 4.85. The number of morpholine rings is 1. The number of fused-ring (bicyclic) bond motifs is 1. The van der Waals surface area contributed by atoms with Gasteiger partial charge in [-0.3, -0.25) is 14.5 Å². The Morgan fingerprint density at radius 3 is 2.47 bits per heavy atom. The van der Waals surface area contributed by atoms with Gasteiger partial charge in [-0.1, -0.05) is 12.1 Å². The molecule has 1 aliphatic carbocycles. The first-order chi connectivity index (χ1) is 14.5. The minimum absolute atomic E-state index is 0.0209. The van der Waals surface area contributed by atoms with E-state index in [9.17, 15) is 14.7 Å². The van der Waals surface area contributed by atoms with Crippen LogP contribution in [-0.2, 0) is 4.74 Å². The molecule has 2 fully saturated rings. The van der Waals surface area contributed by atoms with E-state index in [1.165, 1.54) is 0 Å². The molecule has 1 aromatic heterocycles. The molecular weight excluding hydrogens is 382 g/mol. The number of nitrogens with zero attached hydrogens (tertiary/aromatic N) is 2. The number of carbonyl (C=O) groups is 1. The first kappa shape index (κ1) is 20.9. The molecule has 0 spiro atoms. The Hall–Kier alpha value is -2.38. The Labute approximate surface area is 176 Å². The van der Waals surface area contributed by atoms with Gasteiger partial charge in [0.2, 0.25) is 0 Å². The lowest BCUT2D eigenvalue weighted by Gasteiger charge is -2.38. The molecule has 1 saturated carbocycles. The van der Waals surface area contributed by atoms with E-state index in [-0.39, 0.29) is 23.4 Å². The van der Waals surface area contributed by atoms with Crippen molar-refractivity contribution >= 4 is 16.8 Å². The number of aromatic hydroxyl groups is 1. The van der Waals surface area contributed by atoms with Crippen molar-refractivity contribution in [2.75, 3.05) is 26.3 Å². The Kier molecular flexibility index (Phi) is 6.11. The molecule has 1 aliphatic heterocycles. The first-order valence-electron chi connectivity index (χ1n) is 11.0. The van der Waals surface area contributed by atoms with Crippen LogP contribution in [0.15, 0.2) is 29.1 Å². The number of nitrogens with one attached hydrogen (secondary N) is 1. The van der Waals surface area contributed by atoms with Crippen LogP contribution in [-0.4, -0.2) is 58.9 Å². The van der Waals surface area contributed by atoms with Crippen LogP contribution in [0.25, 0.3) is 10.9 Å². The zero-order valence-electron chi connectivity index (χ0n) is 17.8. The van der Waals surface area contributed by atoms with Crippen molar-refractivity contribution < 1.29 is 14.6 Å². The molecule has 162 valence electrons. The summed E-state index contributed by atoms with van der Waals surface area (Å²) in [4.78, 5) is 28.6. The maximum atomic E-state index is 13.1. The maximum Gasteiger partial charge on any atom is 0.267 e. The molecule has 1 aromatic carbocycles. The molecule has 2 aromatic rings. The van der Waals surface area contributed by atoms with Crippen molar-refractivity contribution in [3.05, 3.63) is 40.2 Å². The second kappa shape index (κ2) is 8.78. The minimum Gasteiger partial charge on any atom is -0.506 e. The number of rotatable bonds is 4. The van der Waals surface area contributed by atoms with Gasteiger partial charge in [0.15, 0.2) is 0 Å². The van der Waals surface area contributed by atoms with E-state index in [2.05, 4.69) is 10.2 Å². The van der Waals surface area contributed by atoms with Gasteiger partial charge >= 0.3 is 0 Å². The molecule has 7 heteroatoms. The van der Waals surface area contributed by atoms with Crippen molar-refractivity contribution in [2.24, 2.45) is 0 Å². The van der Waals surface area contributed by atoms with Gasteiger partial charge in [-0.2, -0.15) is 0 Å². The van der Waals surface area contributed by atoms with Crippen molar-refractivity contribution in [1.82, 2.24) is 14.8 Å². The number of carbonyl (C=O) groups excluding carboxylic acids is 1. The van der Waals surface area contributed by atoms with Crippen molar-refractivity contribution in [3.8, 4) is 5.75 Å². The van der Waals surface area contributed by atoms with E-state index < -0.39 is 11.5 Å². The number of ether oxygens (including phenoxy) is 1. The van der Waals surface area contributed by atoms with E-state index in [0.29, 0.717) is 16.9 Å². The van der Waals surface area contributed by atoms with Crippen molar-refractivity contribution in [1.29, 1.82) is 0 Å². The molecule has 2 N–H and O–H groups in total. The molecule has 1 amide bonds. The normalized spacial score (nSPS) is 23.0. The molecule has 7 nitrogen and oxygen atoms in total. The Morgan fingerprint density at radius 1 is 1.13 bits per heavy atom. The standard InChI is InChI=1S/C23H31N3O4/c1-15(2)26-19-6-4-3-5-18(19)21(27)20(23(26)29)22(28)24-16-7-9-17(10-8-16)25-11-13-30-14-12-25/h3-6,15-17,27H,7-14H2,1-2H3,(H,24,28). The van der Waals surface area contributed by atoms with Crippen LogP contribution >= 0.6 is 0 Å². The van der Waals surface area contributed by atoms with Crippen LogP contribution in [0.3, 0.4) is 0 Å². The number of hydrogen-bond donors (Lipinski definition) is 2. The Balaban J connectivity index is 1.52. The average Bonchev–Trinajstić information content (AvgIpc) is 2.75. The molecule has 0 unspecified atom stereocenters. The lowest BCUT2D eigenvalue weighted by molar-refractivity contribution is 0.00664. The Morgan fingerprint density at radius 2 is 1.80 bits per heavy atom. The third-order valence-corrected chi connectivity index (χ3v) is 6.43. The first-order valence-corrected chi connectivity index (χ1v) is 11.0. The highest BCUT2D eigenvalue weighted by molar-refractivity contribution is 6.02. The number of para-hydroxylation sites is 1. The monoisotopic (exact) mass is 413 g/mol. The summed E-state index contributed by atoms with van der Waals surface area (Å²) in [6, 6.07) is 7.59. The molecular formula is C23H31N3O4. The van der Waals surface area contributed by atoms with Gasteiger partial charge in [0.1, 0.15) is 11.3 Å². The zero-order chi connectivity index (χ0) is 21.3. The van der Waals surface area contributed by atoms with Crippen LogP contribution in [0.2, 0.25) is 0 Å². The molecule has 2 aliphatic rings. The largest absolute Gasteiger partial charge is 0.506 e. The fourth-order valence-corrected chi connectivity index (χ4v) is 4.85. The summed E-state index contributed by atoms with van der Waals surface area (Å²) < 4.78 is 7.02. The van der Waals surface area contributed by atoms with Gasteiger partial charge in [-0.15, -0.1) is 0 Å². The van der Waals surface area contributed by atoms with E-state index in [0.717, 1.165) is 52.0 Å². The van der Waals surface area contributed by atoms with E-state index in [1.807, 2.05) is 19.9 Å².